The summed E-state index contributed by atoms with van der Waals surface area (Å²) in [5.74, 6) is 0.301. The predicted molar refractivity (Wildman–Crippen MR) is 117 cm³/mol. The lowest BCUT2D eigenvalue weighted by molar-refractivity contribution is -0.127. The zero-order valence-electron chi connectivity index (χ0n) is 15.1. The number of carbonyl (C=O) groups is 1. The first-order valence-corrected chi connectivity index (χ1v) is 11.0. The average molecular weight is 453 g/mol. The first-order valence-electron chi connectivity index (χ1n) is 8.43. The van der Waals surface area contributed by atoms with Crippen LogP contribution in [0.15, 0.2) is 52.9 Å². The Labute approximate surface area is 182 Å². The molecule has 0 saturated heterocycles. The Morgan fingerprint density at radius 2 is 1.89 bits per heavy atom. The molecule has 0 unspecified atom stereocenters. The molecular formula is C19H18Cl2N4OS2. The third-order valence-electron chi connectivity index (χ3n) is 3.84. The summed E-state index contributed by atoms with van der Waals surface area (Å²) in [7, 11) is 1.76. The van der Waals surface area contributed by atoms with Gasteiger partial charge in [-0.25, -0.2) is 0 Å². The molecular weight excluding hydrogens is 435 g/mol. The van der Waals surface area contributed by atoms with Crippen LogP contribution < -0.4 is 5.32 Å². The summed E-state index contributed by atoms with van der Waals surface area (Å²) in [4.78, 5) is 14.0. The van der Waals surface area contributed by atoms with E-state index in [1.807, 2.05) is 36.4 Å². The van der Waals surface area contributed by atoms with Crippen LogP contribution in [0.4, 0.5) is 5.13 Å². The number of thioether (sulfide) groups is 1. The van der Waals surface area contributed by atoms with Gasteiger partial charge in [0, 0.05) is 20.1 Å². The lowest BCUT2D eigenvalue weighted by atomic mass is 10.2. The number of carbonyl (C=O) groups excluding carboxylic acids is 1. The van der Waals surface area contributed by atoms with Crippen LogP contribution in [0.1, 0.15) is 11.1 Å². The molecule has 0 fully saturated rings. The second kappa shape index (κ2) is 10.1. The summed E-state index contributed by atoms with van der Waals surface area (Å²) >= 11 is 14.8. The highest BCUT2D eigenvalue weighted by Gasteiger charge is 2.13. The second-order valence-electron chi connectivity index (χ2n) is 6.00. The van der Waals surface area contributed by atoms with E-state index in [0.29, 0.717) is 28.9 Å². The zero-order valence-corrected chi connectivity index (χ0v) is 18.2. The van der Waals surface area contributed by atoms with Crippen molar-refractivity contribution in [1.82, 2.24) is 15.1 Å². The lowest BCUT2D eigenvalue weighted by Gasteiger charge is -2.17. The normalized spacial score (nSPS) is 10.7. The molecule has 0 atom stereocenters. The molecule has 0 bridgehead atoms. The SMILES string of the molecule is CN(Cc1ccc(Cl)c(Cl)c1)C(=O)CSc1nnc(NCc2ccccc2)s1. The molecule has 2 aromatic carbocycles. The Bertz CT molecular complexity index is 937. The van der Waals surface area contributed by atoms with Crippen LogP contribution in [-0.2, 0) is 17.9 Å². The van der Waals surface area contributed by atoms with Gasteiger partial charge in [-0.1, -0.05) is 82.7 Å². The van der Waals surface area contributed by atoms with E-state index < -0.39 is 0 Å². The van der Waals surface area contributed by atoms with Gasteiger partial charge in [0.05, 0.1) is 15.8 Å². The van der Waals surface area contributed by atoms with Crippen molar-refractivity contribution < 1.29 is 4.79 Å². The summed E-state index contributed by atoms with van der Waals surface area (Å²) in [6.07, 6.45) is 0. The summed E-state index contributed by atoms with van der Waals surface area (Å²) in [6, 6.07) is 15.4. The minimum atomic E-state index is 0.00469. The molecule has 3 rings (SSSR count). The van der Waals surface area contributed by atoms with Crippen LogP contribution in [-0.4, -0.2) is 33.8 Å². The van der Waals surface area contributed by atoms with Crippen molar-refractivity contribution in [3.63, 3.8) is 0 Å². The monoisotopic (exact) mass is 452 g/mol. The van der Waals surface area contributed by atoms with Gasteiger partial charge >= 0.3 is 0 Å². The summed E-state index contributed by atoms with van der Waals surface area (Å²) in [6.45, 7) is 1.15. The van der Waals surface area contributed by atoms with E-state index >= 15 is 0 Å². The molecule has 1 N–H and O–H groups in total. The number of nitrogens with one attached hydrogen (secondary N) is 1. The van der Waals surface area contributed by atoms with E-state index in [1.165, 1.54) is 28.7 Å². The van der Waals surface area contributed by atoms with Crippen LogP contribution in [0, 0.1) is 0 Å². The van der Waals surface area contributed by atoms with Crippen LogP contribution >= 0.6 is 46.3 Å². The molecule has 1 aromatic heterocycles. The van der Waals surface area contributed by atoms with Gasteiger partial charge in [-0.15, -0.1) is 10.2 Å². The van der Waals surface area contributed by atoms with Crippen molar-refractivity contribution in [3.05, 3.63) is 69.7 Å². The molecule has 9 heteroatoms. The molecule has 0 spiro atoms. The van der Waals surface area contributed by atoms with Crippen molar-refractivity contribution in [2.75, 3.05) is 18.1 Å². The number of benzene rings is 2. The van der Waals surface area contributed by atoms with Crippen LogP contribution in [0.2, 0.25) is 10.0 Å². The molecule has 0 radical (unpaired) electrons. The molecule has 28 heavy (non-hydrogen) atoms. The third-order valence-corrected chi connectivity index (χ3v) is 6.58. The highest BCUT2D eigenvalue weighted by molar-refractivity contribution is 8.01. The maximum Gasteiger partial charge on any atom is 0.233 e. The van der Waals surface area contributed by atoms with Gasteiger partial charge in [-0.3, -0.25) is 4.79 Å². The van der Waals surface area contributed by atoms with Crippen molar-refractivity contribution in [2.24, 2.45) is 0 Å². The molecule has 146 valence electrons. The number of hydrogen-bond donors (Lipinski definition) is 1. The first-order chi connectivity index (χ1) is 13.5. The van der Waals surface area contributed by atoms with Gasteiger partial charge in [-0.05, 0) is 23.3 Å². The number of nitrogens with zero attached hydrogens (tertiary/aromatic N) is 3. The van der Waals surface area contributed by atoms with Crippen LogP contribution in [0.25, 0.3) is 0 Å². The molecule has 0 aliphatic carbocycles. The number of amides is 1. The summed E-state index contributed by atoms with van der Waals surface area (Å²) in [5, 5.41) is 13.2. The molecule has 5 nitrogen and oxygen atoms in total. The number of aromatic nitrogens is 2. The summed E-state index contributed by atoms with van der Waals surface area (Å²) in [5.41, 5.74) is 2.10. The number of rotatable bonds is 8. The number of anilines is 1. The Kier molecular flexibility index (Phi) is 7.56. The van der Waals surface area contributed by atoms with E-state index in [4.69, 9.17) is 23.2 Å². The van der Waals surface area contributed by atoms with Crippen molar-refractivity contribution in [2.45, 2.75) is 17.4 Å². The fraction of sp³-hybridized carbons (Fsp3) is 0.211. The summed E-state index contributed by atoms with van der Waals surface area (Å²) < 4.78 is 0.756. The van der Waals surface area contributed by atoms with E-state index in [-0.39, 0.29) is 5.91 Å². The molecule has 0 aliphatic heterocycles. The second-order valence-corrected chi connectivity index (χ2v) is 9.01. The van der Waals surface area contributed by atoms with Gasteiger partial charge in [-0.2, -0.15) is 0 Å². The topological polar surface area (TPSA) is 58.1 Å². The number of hydrogen-bond acceptors (Lipinski definition) is 6. The predicted octanol–water partition coefficient (Wildman–Crippen LogP) is 5.21. The maximum absolute atomic E-state index is 12.4. The quantitative estimate of drug-likeness (QED) is 0.475. The molecule has 1 amide bonds. The van der Waals surface area contributed by atoms with Crippen molar-refractivity contribution in [1.29, 1.82) is 0 Å². The minimum Gasteiger partial charge on any atom is -0.356 e. The molecule has 1 heterocycles. The fourth-order valence-corrected chi connectivity index (χ4v) is 4.36. The molecule has 0 aliphatic rings. The van der Waals surface area contributed by atoms with E-state index in [0.717, 1.165) is 15.0 Å². The van der Waals surface area contributed by atoms with E-state index in [2.05, 4.69) is 15.5 Å². The van der Waals surface area contributed by atoms with Crippen LogP contribution in [0.3, 0.4) is 0 Å². The maximum atomic E-state index is 12.4. The highest BCUT2D eigenvalue weighted by atomic mass is 35.5. The Hall–Kier alpha value is -1.80. The highest BCUT2D eigenvalue weighted by Crippen LogP contribution is 2.26. The van der Waals surface area contributed by atoms with Gasteiger partial charge in [0.15, 0.2) is 4.34 Å². The Morgan fingerprint density at radius 3 is 2.64 bits per heavy atom. The average Bonchev–Trinajstić information content (AvgIpc) is 3.16. The molecule has 0 saturated carbocycles. The van der Waals surface area contributed by atoms with Gasteiger partial charge in [0.2, 0.25) is 11.0 Å². The number of halogens is 2. The Balaban J connectivity index is 1.46. The zero-order chi connectivity index (χ0) is 19.9. The third kappa shape index (κ3) is 6.10. The minimum absolute atomic E-state index is 0.00469. The van der Waals surface area contributed by atoms with Gasteiger partial charge < -0.3 is 10.2 Å². The fourth-order valence-electron chi connectivity index (χ4n) is 2.35. The molecule has 3 aromatic rings. The van der Waals surface area contributed by atoms with Crippen molar-refractivity contribution >= 4 is 57.3 Å². The van der Waals surface area contributed by atoms with E-state index in [1.54, 1.807) is 24.1 Å². The smallest absolute Gasteiger partial charge is 0.233 e. The van der Waals surface area contributed by atoms with Gasteiger partial charge in [0.25, 0.3) is 0 Å². The van der Waals surface area contributed by atoms with E-state index in [9.17, 15) is 4.79 Å². The van der Waals surface area contributed by atoms with Crippen molar-refractivity contribution in [3.8, 4) is 0 Å². The first kappa shape index (κ1) is 20.9. The standard InChI is InChI=1S/C19H18Cl2N4OS2/c1-25(11-14-7-8-15(20)16(21)9-14)17(26)12-27-19-24-23-18(28-19)22-10-13-5-3-2-4-6-13/h2-9H,10-12H2,1H3,(H,22,23). The lowest BCUT2D eigenvalue weighted by Crippen LogP contribution is -2.27. The Morgan fingerprint density at radius 1 is 1.11 bits per heavy atom. The largest absolute Gasteiger partial charge is 0.356 e. The van der Waals surface area contributed by atoms with Crippen LogP contribution in [0.5, 0.6) is 0 Å². The van der Waals surface area contributed by atoms with Gasteiger partial charge in [0.1, 0.15) is 0 Å².